The molecule has 1 aromatic rings. The highest BCUT2D eigenvalue weighted by atomic mass is 35.5. The Balaban J connectivity index is 0.00000264. The molecule has 124 valence electrons. The number of rotatable bonds is 4. The molecule has 0 aliphatic heterocycles. The van der Waals surface area contributed by atoms with Gasteiger partial charge in [0.1, 0.15) is 5.75 Å². The molecule has 7 heteroatoms. The molecule has 0 aromatic heterocycles. The van der Waals surface area contributed by atoms with E-state index in [0.29, 0.717) is 23.8 Å². The predicted octanol–water partition coefficient (Wildman–Crippen LogP) is 2.17. The molecule has 0 bridgehead atoms. The molecular weight excluding hydrogens is 316 g/mol. The molecule has 0 amide bonds. The van der Waals surface area contributed by atoms with Crippen LogP contribution in [0, 0.1) is 28.6 Å². The van der Waals surface area contributed by atoms with E-state index in [1.54, 1.807) is 24.3 Å². The van der Waals surface area contributed by atoms with Crippen LogP contribution in [0.15, 0.2) is 24.3 Å². The van der Waals surface area contributed by atoms with Crippen LogP contribution in [0.5, 0.6) is 5.75 Å². The molecule has 4 N–H and O–H groups in total. The number of hydrogen-bond donors (Lipinski definition) is 3. The topological polar surface area (TPSA) is 112 Å². The number of carbonyl (C=O) groups excluding carboxylic acids is 1. The SMILES string of the molecule is Cl.N#Cc1ccc(OC(=O)[C@H]2CC[C@H](CNC(=N)N)CC2)cc1. The maximum Gasteiger partial charge on any atom is 0.314 e. The van der Waals surface area contributed by atoms with E-state index in [4.69, 9.17) is 21.1 Å². The van der Waals surface area contributed by atoms with Crippen LogP contribution in [0.1, 0.15) is 31.2 Å². The van der Waals surface area contributed by atoms with Crippen LogP contribution >= 0.6 is 12.4 Å². The lowest BCUT2D eigenvalue weighted by molar-refractivity contribution is -0.140. The Bertz CT molecular complexity index is 575. The maximum absolute atomic E-state index is 12.1. The largest absolute Gasteiger partial charge is 0.426 e. The summed E-state index contributed by atoms with van der Waals surface area (Å²) in [7, 11) is 0. The molecule has 6 nitrogen and oxygen atoms in total. The first kappa shape index (κ1) is 18.8. The van der Waals surface area contributed by atoms with Gasteiger partial charge in [-0.3, -0.25) is 10.2 Å². The monoisotopic (exact) mass is 336 g/mol. The molecule has 1 fully saturated rings. The van der Waals surface area contributed by atoms with Crippen LogP contribution in [0.25, 0.3) is 0 Å². The predicted molar refractivity (Wildman–Crippen MR) is 89.4 cm³/mol. The molecular formula is C16H21ClN4O2. The van der Waals surface area contributed by atoms with E-state index >= 15 is 0 Å². The van der Waals surface area contributed by atoms with Gasteiger partial charge >= 0.3 is 5.97 Å². The highest BCUT2D eigenvalue weighted by Crippen LogP contribution is 2.29. The van der Waals surface area contributed by atoms with E-state index in [9.17, 15) is 4.79 Å². The van der Waals surface area contributed by atoms with E-state index in [1.807, 2.05) is 6.07 Å². The number of carbonyl (C=O) groups is 1. The Morgan fingerprint density at radius 3 is 2.43 bits per heavy atom. The lowest BCUT2D eigenvalue weighted by Crippen LogP contribution is -2.36. The molecule has 0 unspecified atom stereocenters. The number of nitriles is 1. The summed E-state index contributed by atoms with van der Waals surface area (Å²) in [6, 6.07) is 8.56. The first-order valence-corrected chi connectivity index (χ1v) is 7.38. The molecule has 0 radical (unpaired) electrons. The molecule has 1 aliphatic carbocycles. The number of hydrogen-bond acceptors (Lipinski definition) is 4. The van der Waals surface area contributed by atoms with Crippen molar-refractivity contribution < 1.29 is 9.53 Å². The summed E-state index contributed by atoms with van der Waals surface area (Å²) in [6.45, 7) is 0.687. The van der Waals surface area contributed by atoms with Gasteiger partial charge in [0.15, 0.2) is 5.96 Å². The van der Waals surface area contributed by atoms with Gasteiger partial charge in [-0.1, -0.05) is 0 Å². The Morgan fingerprint density at radius 1 is 1.30 bits per heavy atom. The van der Waals surface area contributed by atoms with E-state index in [1.165, 1.54) is 0 Å². The summed E-state index contributed by atoms with van der Waals surface area (Å²) in [6.07, 6.45) is 3.43. The van der Waals surface area contributed by atoms with E-state index in [2.05, 4.69) is 5.32 Å². The minimum absolute atomic E-state index is 0. The quantitative estimate of drug-likeness (QED) is 0.337. The minimum Gasteiger partial charge on any atom is -0.426 e. The second-order valence-electron chi connectivity index (χ2n) is 5.57. The Hall–Kier alpha value is -2.26. The fourth-order valence-corrected chi connectivity index (χ4v) is 2.65. The summed E-state index contributed by atoms with van der Waals surface area (Å²) in [5.74, 6) is 0.626. The van der Waals surface area contributed by atoms with Gasteiger partial charge in [-0.15, -0.1) is 12.4 Å². The minimum atomic E-state index is -0.206. The van der Waals surface area contributed by atoms with Crippen molar-refractivity contribution in [1.29, 1.82) is 10.7 Å². The maximum atomic E-state index is 12.1. The summed E-state index contributed by atoms with van der Waals surface area (Å²) >= 11 is 0. The zero-order valence-electron chi connectivity index (χ0n) is 12.7. The van der Waals surface area contributed by atoms with Crippen LogP contribution in [-0.4, -0.2) is 18.5 Å². The van der Waals surface area contributed by atoms with E-state index in [0.717, 1.165) is 25.7 Å². The molecule has 0 heterocycles. The average Bonchev–Trinajstić information content (AvgIpc) is 2.54. The number of nitrogens with two attached hydrogens (primary N) is 1. The zero-order valence-corrected chi connectivity index (χ0v) is 13.6. The first-order chi connectivity index (χ1) is 10.6. The van der Waals surface area contributed by atoms with Gasteiger partial charge in [0, 0.05) is 6.54 Å². The Labute approximate surface area is 141 Å². The van der Waals surface area contributed by atoms with Gasteiger partial charge in [0.05, 0.1) is 17.6 Å². The van der Waals surface area contributed by atoms with Crippen molar-refractivity contribution in [2.75, 3.05) is 6.54 Å². The molecule has 1 aliphatic rings. The number of halogens is 1. The summed E-state index contributed by atoms with van der Waals surface area (Å²) in [4.78, 5) is 12.1. The third kappa shape index (κ3) is 5.80. The molecule has 1 aromatic carbocycles. The highest BCUT2D eigenvalue weighted by Gasteiger charge is 2.27. The molecule has 2 rings (SSSR count). The summed E-state index contributed by atoms with van der Waals surface area (Å²) in [5, 5.41) is 18.7. The lowest BCUT2D eigenvalue weighted by Gasteiger charge is -2.27. The van der Waals surface area contributed by atoms with Crippen molar-refractivity contribution in [1.82, 2.24) is 5.32 Å². The Morgan fingerprint density at radius 2 is 1.91 bits per heavy atom. The normalized spacial score (nSPS) is 19.8. The van der Waals surface area contributed by atoms with E-state index in [-0.39, 0.29) is 30.3 Å². The van der Waals surface area contributed by atoms with Gasteiger partial charge in [-0.25, -0.2) is 0 Å². The average molecular weight is 337 g/mol. The van der Waals surface area contributed by atoms with Crippen molar-refractivity contribution in [3.05, 3.63) is 29.8 Å². The summed E-state index contributed by atoms with van der Waals surface area (Å²) < 4.78 is 5.37. The van der Waals surface area contributed by atoms with E-state index < -0.39 is 0 Å². The van der Waals surface area contributed by atoms with Crippen molar-refractivity contribution in [2.24, 2.45) is 17.6 Å². The van der Waals surface area contributed by atoms with Gasteiger partial charge in [-0.2, -0.15) is 5.26 Å². The number of nitrogens with one attached hydrogen (secondary N) is 2. The van der Waals surface area contributed by atoms with Gasteiger partial charge in [0.2, 0.25) is 0 Å². The van der Waals surface area contributed by atoms with Crippen LogP contribution < -0.4 is 15.8 Å². The van der Waals surface area contributed by atoms with Crippen molar-refractivity contribution in [3.63, 3.8) is 0 Å². The molecule has 0 atom stereocenters. The number of guanidine groups is 1. The Kier molecular flexibility index (Phi) is 7.36. The standard InChI is InChI=1S/C16H20N4O2.ClH/c17-9-11-3-7-14(8-4-11)22-15(21)13-5-1-12(2-6-13)10-20-16(18)19;/h3-4,7-8,12-13H,1-2,5-6,10H2,(H4,18,19,20);1H/t12-,13-;. The fraction of sp³-hybridized carbons (Fsp3) is 0.438. The summed E-state index contributed by atoms with van der Waals surface area (Å²) in [5.41, 5.74) is 5.81. The zero-order chi connectivity index (χ0) is 15.9. The van der Waals surface area contributed by atoms with Crippen molar-refractivity contribution in [2.45, 2.75) is 25.7 Å². The smallest absolute Gasteiger partial charge is 0.314 e. The van der Waals surface area contributed by atoms with Crippen molar-refractivity contribution >= 4 is 24.3 Å². The highest BCUT2D eigenvalue weighted by molar-refractivity contribution is 5.85. The number of ether oxygens (including phenoxy) is 1. The second kappa shape index (κ2) is 9.01. The lowest BCUT2D eigenvalue weighted by atomic mass is 9.82. The van der Waals surface area contributed by atoms with Crippen LogP contribution in [-0.2, 0) is 4.79 Å². The third-order valence-corrected chi connectivity index (χ3v) is 3.96. The first-order valence-electron chi connectivity index (χ1n) is 7.38. The van der Waals surface area contributed by atoms with Crippen LogP contribution in [0.4, 0.5) is 0 Å². The van der Waals surface area contributed by atoms with Gasteiger partial charge in [0.25, 0.3) is 0 Å². The number of benzene rings is 1. The molecule has 23 heavy (non-hydrogen) atoms. The van der Waals surface area contributed by atoms with Crippen molar-refractivity contribution in [3.8, 4) is 11.8 Å². The molecule has 1 saturated carbocycles. The van der Waals surface area contributed by atoms with Gasteiger partial charge < -0.3 is 15.8 Å². The number of nitrogens with zero attached hydrogens (tertiary/aromatic N) is 1. The third-order valence-electron chi connectivity index (χ3n) is 3.96. The van der Waals surface area contributed by atoms with Gasteiger partial charge in [-0.05, 0) is 55.9 Å². The molecule has 0 saturated heterocycles. The fourth-order valence-electron chi connectivity index (χ4n) is 2.65. The molecule has 0 spiro atoms. The van der Waals surface area contributed by atoms with Crippen LogP contribution in [0.2, 0.25) is 0 Å². The number of esters is 1. The second-order valence-corrected chi connectivity index (χ2v) is 5.57. The van der Waals surface area contributed by atoms with Crippen LogP contribution in [0.3, 0.4) is 0 Å².